The van der Waals surface area contributed by atoms with E-state index >= 15 is 0 Å². The second kappa shape index (κ2) is 6.34. The third-order valence-corrected chi connectivity index (χ3v) is 4.29. The van der Waals surface area contributed by atoms with Gasteiger partial charge in [0.1, 0.15) is 6.33 Å². The molecule has 3 aromatic carbocycles. The van der Waals surface area contributed by atoms with Crippen LogP contribution in [0.3, 0.4) is 0 Å². The van der Waals surface area contributed by atoms with Gasteiger partial charge in [-0.3, -0.25) is 4.57 Å². The fraction of sp³-hybridized carbons (Fsp3) is 0. The largest absolute Gasteiger partial charge is 0.297 e. The fourth-order valence-electron chi connectivity index (χ4n) is 2.86. The molecule has 0 aliphatic heterocycles. The van der Waals surface area contributed by atoms with E-state index in [1.807, 2.05) is 67.0 Å². The van der Waals surface area contributed by atoms with E-state index in [1.165, 1.54) is 0 Å². The van der Waals surface area contributed by atoms with E-state index < -0.39 is 0 Å². The van der Waals surface area contributed by atoms with Crippen LogP contribution in [-0.2, 0) is 0 Å². The molecule has 24 heavy (non-hydrogen) atoms. The van der Waals surface area contributed by atoms with Gasteiger partial charge in [-0.2, -0.15) is 0 Å². The number of aromatic nitrogens is 2. The molecule has 0 saturated heterocycles. The zero-order valence-electron chi connectivity index (χ0n) is 12.9. The molecule has 0 N–H and O–H groups in total. The van der Waals surface area contributed by atoms with E-state index in [4.69, 9.17) is 11.6 Å². The Balaban J connectivity index is 2.00. The summed E-state index contributed by atoms with van der Waals surface area (Å²) in [5.41, 5.74) is 5.10. The zero-order valence-corrected chi connectivity index (χ0v) is 13.7. The Morgan fingerprint density at radius 2 is 1.25 bits per heavy atom. The maximum absolute atomic E-state index is 6.42. The van der Waals surface area contributed by atoms with Crippen LogP contribution in [0.5, 0.6) is 0 Å². The number of halogens is 1. The molecule has 4 aromatic rings. The van der Waals surface area contributed by atoms with Crippen molar-refractivity contribution in [2.75, 3.05) is 0 Å². The molecule has 116 valence electrons. The summed E-state index contributed by atoms with van der Waals surface area (Å²) in [6.45, 7) is 0. The Morgan fingerprint density at radius 1 is 0.667 bits per heavy atom. The van der Waals surface area contributed by atoms with E-state index in [2.05, 4.69) is 33.8 Å². The average molecular weight is 331 g/mol. The fourth-order valence-corrected chi connectivity index (χ4v) is 3.08. The Bertz CT molecular complexity index is 960. The molecule has 0 radical (unpaired) electrons. The molecule has 0 atom stereocenters. The van der Waals surface area contributed by atoms with E-state index in [1.54, 1.807) is 0 Å². The van der Waals surface area contributed by atoms with Crippen molar-refractivity contribution < 1.29 is 0 Å². The standard InChI is InChI=1S/C21H15ClN2/c22-18-13-7-8-14-19(18)24-15-23-20(16-9-3-1-4-10-16)21(24)17-11-5-2-6-12-17/h1-15H. The molecule has 2 nitrogen and oxygen atoms in total. The van der Waals surface area contributed by atoms with E-state index in [9.17, 15) is 0 Å². The number of para-hydroxylation sites is 1. The summed E-state index contributed by atoms with van der Waals surface area (Å²) in [6, 6.07) is 28.3. The topological polar surface area (TPSA) is 17.8 Å². The van der Waals surface area contributed by atoms with Crippen molar-refractivity contribution in [3.63, 3.8) is 0 Å². The van der Waals surface area contributed by atoms with Gasteiger partial charge >= 0.3 is 0 Å². The highest BCUT2D eigenvalue weighted by molar-refractivity contribution is 6.32. The summed E-state index contributed by atoms with van der Waals surface area (Å²) >= 11 is 6.42. The summed E-state index contributed by atoms with van der Waals surface area (Å²) in [5, 5.41) is 0.701. The van der Waals surface area contributed by atoms with Crippen LogP contribution in [0.4, 0.5) is 0 Å². The molecule has 1 aromatic heterocycles. The van der Waals surface area contributed by atoms with Crippen molar-refractivity contribution in [3.05, 3.63) is 96.3 Å². The molecule has 0 saturated carbocycles. The molecular weight excluding hydrogens is 316 g/mol. The minimum Gasteiger partial charge on any atom is -0.297 e. The predicted molar refractivity (Wildman–Crippen MR) is 99.4 cm³/mol. The first-order valence-corrected chi connectivity index (χ1v) is 8.15. The smallest absolute Gasteiger partial charge is 0.100 e. The summed E-state index contributed by atoms with van der Waals surface area (Å²) in [7, 11) is 0. The number of benzene rings is 3. The number of nitrogens with zero attached hydrogens (tertiary/aromatic N) is 2. The van der Waals surface area contributed by atoms with Gasteiger partial charge in [-0.1, -0.05) is 84.4 Å². The quantitative estimate of drug-likeness (QED) is 0.460. The third kappa shape index (κ3) is 2.61. The molecule has 0 unspecified atom stereocenters. The van der Waals surface area contributed by atoms with Gasteiger partial charge in [0.05, 0.1) is 22.1 Å². The SMILES string of the molecule is Clc1ccccc1-n1cnc(-c2ccccc2)c1-c1ccccc1. The Labute approximate surface area is 146 Å². The number of hydrogen-bond acceptors (Lipinski definition) is 1. The molecule has 3 heteroatoms. The highest BCUT2D eigenvalue weighted by Crippen LogP contribution is 2.34. The monoisotopic (exact) mass is 330 g/mol. The summed E-state index contributed by atoms with van der Waals surface area (Å²) in [5.74, 6) is 0. The van der Waals surface area contributed by atoms with Gasteiger partial charge in [0, 0.05) is 11.1 Å². The lowest BCUT2D eigenvalue weighted by atomic mass is 10.0. The van der Waals surface area contributed by atoms with Crippen molar-refractivity contribution >= 4 is 11.6 Å². The normalized spacial score (nSPS) is 10.7. The molecular formula is C21H15ClN2. The van der Waals surface area contributed by atoms with Gasteiger partial charge in [0.25, 0.3) is 0 Å². The summed E-state index contributed by atoms with van der Waals surface area (Å²) in [4.78, 5) is 4.68. The zero-order chi connectivity index (χ0) is 16.4. The van der Waals surface area contributed by atoms with Gasteiger partial charge in [-0.25, -0.2) is 4.98 Å². The van der Waals surface area contributed by atoms with E-state index in [-0.39, 0.29) is 0 Å². The number of rotatable bonds is 3. The second-order valence-corrected chi connectivity index (χ2v) is 5.90. The van der Waals surface area contributed by atoms with Crippen LogP contribution < -0.4 is 0 Å². The Kier molecular flexibility index (Phi) is 3.89. The molecule has 0 aliphatic rings. The van der Waals surface area contributed by atoms with Crippen LogP contribution in [0.2, 0.25) is 5.02 Å². The summed E-state index contributed by atoms with van der Waals surface area (Å²) in [6.07, 6.45) is 1.84. The first-order chi connectivity index (χ1) is 11.8. The van der Waals surface area contributed by atoms with Crippen molar-refractivity contribution in [1.29, 1.82) is 0 Å². The van der Waals surface area contributed by atoms with Gasteiger partial charge < -0.3 is 0 Å². The Hall–Kier alpha value is -2.84. The van der Waals surface area contributed by atoms with E-state index in [0.29, 0.717) is 5.02 Å². The summed E-state index contributed by atoms with van der Waals surface area (Å²) < 4.78 is 2.06. The van der Waals surface area contributed by atoms with Crippen molar-refractivity contribution in [2.45, 2.75) is 0 Å². The first kappa shape index (κ1) is 14.7. The number of imidazole rings is 1. The molecule has 0 amide bonds. The number of hydrogen-bond donors (Lipinski definition) is 0. The van der Waals surface area contributed by atoms with Crippen LogP contribution in [0.15, 0.2) is 91.3 Å². The Morgan fingerprint density at radius 3 is 1.92 bits per heavy atom. The minimum atomic E-state index is 0.701. The van der Waals surface area contributed by atoms with Gasteiger partial charge in [0.2, 0.25) is 0 Å². The lowest BCUT2D eigenvalue weighted by Crippen LogP contribution is -1.97. The molecule has 1 heterocycles. The van der Waals surface area contributed by atoms with Crippen molar-refractivity contribution in [3.8, 4) is 28.2 Å². The van der Waals surface area contributed by atoms with Gasteiger partial charge in [0.15, 0.2) is 0 Å². The molecule has 4 rings (SSSR count). The molecule has 0 fully saturated rings. The lowest BCUT2D eigenvalue weighted by Gasteiger charge is -2.12. The maximum atomic E-state index is 6.42. The second-order valence-electron chi connectivity index (χ2n) is 5.50. The van der Waals surface area contributed by atoms with Crippen LogP contribution in [0, 0.1) is 0 Å². The average Bonchev–Trinajstić information content (AvgIpc) is 3.08. The minimum absolute atomic E-state index is 0.701. The lowest BCUT2D eigenvalue weighted by molar-refractivity contribution is 1.06. The molecule has 0 aliphatic carbocycles. The van der Waals surface area contributed by atoms with Crippen LogP contribution in [-0.4, -0.2) is 9.55 Å². The van der Waals surface area contributed by atoms with Crippen LogP contribution in [0.1, 0.15) is 0 Å². The first-order valence-electron chi connectivity index (χ1n) is 7.77. The van der Waals surface area contributed by atoms with Gasteiger partial charge in [-0.15, -0.1) is 0 Å². The van der Waals surface area contributed by atoms with Crippen molar-refractivity contribution in [2.24, 2.45) is 0 Å². The highest BCUT2D eigenvalue weighted by Gasteiger charge is 2.16. The predicted octanol–water partition coefficient (Wildman–Crippen LogP) is 5.86. The van der Waals surface area contributed by atoms with E-state index in [0.717, 1.165) is 28.2 Å². The van der Waals surface area contributed by atoms with Crippen LogP contribution >= 0.6 is 11.6 Å². The maximum Gasteiger partial charge on any atom is 0.100 e. The van der Waals surface area contributed by atoms with Gasteiger partial charge in [-0.05, 0) is 12.1 Å². The molecule has 0 spiro atoms. The highest BCUT2D eigenvalue weighted by atomic mass is 35.5. The third-order valence-electron chi connectivity index (χ3n) is 3.97. The van der Waals surface area contributed by atoms with Crippen molar-refractivity contribution in [1.82, 2.24) is 9.55 Å². The molecule has 0 bridgehead atoms. The van der Waals surface area contributed by atoms with Crippen LogP contribution in [0.25, 0.3) is 28.2 Å².